The third-order valence-corrected chi connectivity index (χ3v) is 3.37. The van der Waals surface area contributed by atoms with Crippen LogP contribution in [-0.2, 0) is 15.9 Å². The molecule has 1 fully saturated rings. The predicted octanol–water partition coefficient (Wildman–Crippen LogP) is 1.12. The van der Waals surface area contributed by atoms with E-state index in [1.54, 1.807) is 14.2 Å². The molecule has 1 aromatic carbocycles. The van der Waals surface area contributed by atoms with Gasteiger partial charge in [0.05, 0.1) is 13.1 Å². The minimum atomic E-state index is -0.374. The van der Waals surface area contributed by atoms with Crippen molar-refractivity contribution in [1.29, 1.82) is 0 Å². The van der Waals surface area contributed by atoms with Crippen molar-refractivity contribution in [1.82, 2.24) is 4.90 Å². The number of benzene rings is 1. The van der Waals surface area contributed by atoms with E-state index in [0.29, 0.717) is 0 Å². The molecule has 1 heterocycles. The Balaban J connectivity index is 1.76. The minimum Gasteiger partial charge on any atom is -0.399 e. The smallest absolute Gasteiger partial charge is 0.193 e. The third-order valence-electron chi connectivity index (χ3n) is 3.37. The molecule has 1 aromatic rings. The fourth-order valence-electron chi connectivity index (χ4n) is 2.11. The van der Waals surface area contributed by atoms with Crippen LogP contribution in [0.15, 0.2) is 24.3 Å². The molecule has 0 saturated carbocycles. The Morgan fingerprint density at radius 2 is 1.76 bits per heavy atom. The Hall–Kier alpha value is -1.10. The number of likely N-dealkylation sites (tertiary alicyclic amines) is 1. The van der Waals surface area contributed by atoms with Crippen LogP contribution < -0.4 is 5.73 Å². The number of anilines is 1. The first-order valence-electron chi connectivity index (χ1n) is 5.84. The largest absolute Gasteiger partial charge is 0.399 e. The lowest BCUT2D eigenvalue weighted by Crippen LogP contribution is -2.64. The van der Waals surface area contributed by atoms with Crippen molar-refractivity contribution in [2.75, 3.05) is 39.6 Å². The number of hydrogen-bond donors (Lipinski definition) is 1. The summed E-state index contributed by atoms with van der Waals surface area (Å²) in [4.78, 5) is 2.32. The van der Waals surface area contributed by atoms with E-state index in [-0.39, 0.29) is 5.79 Å². The molecule has 1 aliphatic rings. The zero-order valence-corrected chi connectivity index (χ0v) is 10.5. The van der Waals surface area contributed by atoms with E-state index in [0.717, 1.165) is 31.7 Å². The topological polar surface area (TPSA) is 47.7 Å². The lowest BCUT2D eigenvalue weighted by molar-refractivity contribution is -0.275. The lowest BCUT2D eigenvalue weighted by Gasteiger charge is -2.47. The SMILES string of the molecule is COC1(OC)CN(CCc2ccc(N)cc2)C1. The highest BCUT2D eigenvalue weighted by Crippen LogP contribution is 2.25. The quantitative estimate of drug-likeness (QED) is 0.614. The van der Waals surface area contributed by atoms with Crippen LogP contribution in [0, 0.1) is 0 Å². The molecule has 0 bridgehead atoms. The average Bonchev–Trinajstić information content (AvgIpc) is 2.31. The molecular formula is C13H20N2O2. The molecule has 1 aliphatic heterocycles. The van der Waals surface area contributed by atoms with Crippen LogP contribution in [0.2, 0.25) is 0 Å². The van der Waals surface area contributed by atoms with Gasteiger partial charge in [0.25, 0.3) is 0 Å². The van der Waals surface area contributed by atoms with Crippen LogP contribution in [0.25, 0.3) is 0 Å². The first-order valence-corrected chi connectivity index (χ1v) is 5.84. The zero-order chi connectivity index (χ0) is 12.3. The minimum absolute atomic E-state index is 0.374. The summed E-state index contributed by atoms with van der Waals surface area (Å²) in [5.74, 6) is -0.374. The Kier molecular flexibility index (Phi) is 3.66. The number of methoxy groups -OCH3 is 2. The van der Waals surface area contributed by atoms with Crippen LogP contribution in [-0.4, -0.2) is 44.5 Å². The summed E-state index contributed by atoms with van der Waals surface area (Å²) in [7, 11) is 3.39. The Morgan fingerprint density at radius 1 is 1.18 bits per heavy atom. The van der Waals surface area contributed by atoms with Gasteiger partial charge in [-0.05, 0) is 24.1 Å². The van der Waals surface area contributed by atoms with Gasteiger partial charge in [0.15, 0.2) is 5.79 Å². The summed E-state index contributed by atoms with van der Waals surface area (Å²) in [6.07, 6.45) is 1.03. The van der Waals surface area contributed by atoms with Crippen LogP contribution in [0.3, 0.4) is 0 Å². The van der Waals surface area contributed by atoms with Crippen molar-refractivity contribution in [2.24, 2.45) is 0 Å². The number of nitrogen functional groups attached to an aromatic ring is 1. The Bertz CT molecular complexity index is 352. The standard InChI is InChI=1S/C13H20N2O2/c1-16-13(17-2)9-15(10-13)8-7-11-3-5-12(14)6-4-11/h3-6H,7-10,14H2,1-2H3. The molecule has 0 aliphatic carbocycles. The monoisotopic (exact) mass is 236 g/mol. The molecule has 0 amide bonds. The molecule has 0 atom stereocenters. The summed E-state index contributed by atoms with van der Waals surface area (Å²) in [5.41, 5.74) is 7.77. The molecule has 4 heteroatoms. The first-order chi connectivity index (χ1) is 8.17. The molecule has 1 saturated heterocycles. The predicted molar refractivity (Wildman–Crippen MR) is 67.7 cm³/mol. The van der Waals surface area contributed by atoms with E-state index in [4.69, 9.17) is 15.2 Å². The fourth-order valence-corrected chi connectivity index (χ4v) is 2.11. The molecular weight excluding hydrogens is 216 g/mol. The molecule has 0 unspecified atom stereocenters. The maximum atomic E-state index is 5.65. The second kappa shape index (κ2) is 5.04. The highest BCUT2D eigenvalue weighted by Gasteiger charge is 2.43. The van der Waals surface area contributed by atoms with Crippen molar-refractivity contribution in [3.63, 3.8) is 0 Å². The van der Waals surface area contributed by atoms with Gasteiger partial charge >= 0.3 is 0 Å². The van der Waals surface area contributed by atoms with E-state index in [1.807, 2.05) is 12.1 Å². The lowest BCUT2D eigenvalue weighted by atomic mass is 10.1. The van der Waals surface area contributed by atoms with Gasteiger partial charge in [-0.2, -0.15) is 0 Å². The zero-order valence-electron chi connectivity index (χ0n) is 10.5. The van der Waals surface area contributed by atoms with Crippen molar-refractivity contribution in [2.45, 2.75) is 12.2 Å². The summed E-state index contributed by atoms with van der Waals surface area (Å²) in [5, 5.41) is 0. The molecule has 0 aromatic heterocycles. The van der Waals surface area contributed by atoms with Crippen molar-refractivity contribution < 1.29 is 9.47 Å². The molecule has 0 spiro atoms. The maximum Gasteiger partial charge on any atom is 0.193 e. The maximum absolute atomic E-state index is 5.65. The second-order valence-corrected chi connectivity index (χ2v) is 4.52. The first kappa shape index (κ1) is 12.4. The Morgan fingerprint density at radius 3 is 2.29 bits per heavy atom. The summed E-state index contributed by atoms with van der Waals surface area (Å²) >= 11 is 0. The normalized spacial score (nSPS) is 18.9. The van der Waals surface area contributed by atoms with Gasteiger partial charge < -0.3 is 15.2 Å². The summed E-state index contributed by atoms with van der Waals surface area (Å²) in [6.45, 7) is 2.71. The van der Waals surface area contributed by atoms with Crippen LogP contribution >= 0.6 is 0 Å². The van der Waals surface area contributed by atoms with Crippen molar-refractivity contribution in [3.8, 4) is 0 Å². The van der Waals surface area contributed by atoms with Gasteiger partial charge in [0.1, 0.15) is 0 Å². The second-order valence-electron chi connectivity index (χ2n) is 4.52. The van der Waals surface area contributed by atoms with Crippen LogP contribution in [0.1, 0.15) is 5.56 Å². The van der Waals surface area contributed by atoms with Gasteiger partial charge in [-0.1, -0.05) is 12.1 Å². The molecule has 2 rings (SSSR count). The molecule has 2 N–H and O–H groups in total. The number of ether oxygens (including phenoxy) is 2. The highest BCUT2D eigenvalue weighted by atomic mass is 16.7. The summed E-state index contributed by atoms with van der Waals surface area (Å²) < 4.78 is 10.7. The van der Waals surface area contributed by atoms with E-state index in [2.05, 4.69) is 17.0 Å². The molecule has 17 heavy (non-hydrogen) atoms. The van der Waals surface area contributed by atoms with Crippen LogP contribution in [0.4, 0.5) is 5.69 Å². The average molecular weight is 236 g/mol. The van der Waals surface area contributed by atoms with Gasteiger partial charge in [0.2, 0.25) is 0 Å². The van der Waals surface area contributed by atoms with Crippen molar-refractivity contribution >= 4 is 5.69 Å². The molecule has 94 valence electrons. The van der Waals surface area contributed by atoms with Gasteiger partial charge in [0, 0.05) is 26.5 Å². The van der Waals surface area contributed by atoms with E-state index >= 15 is 0 Å². The molecule has 4 nitrogen and oxygen atoms in total. The highest BCUT2D eigenvalue weighted by molar-refractivity contribution is 5.39. The number of nitrogens with zero attached hydrogens (tertiary/aromatic N) is 1. The number of hydrogen-bond acceptors (Lipinski definition) is 4. The van der Waals surface area contributed by atoms with E-state index < -0.39 is 0 Å². The third kappa shape index (κ3) is 2.77. The number of nitrogens with two attached hydrogens (primary N) is 1. The van der Waals surface area contributed by atoms with E-state index in [9.17, 15) is 0 Å². The van der Waals surface area contributed by atoms with Gasteiger partial charge in [-0.15, -0.1) is 0 Å². The van der Waals surface area contributed by atoms with Crippen LogP contribution in [0.5, 0.6) is 0 Å². The Labute approximate surface area is 102 Å². The van der Waals surface area contributed by atoms with Gasteiger partial charge in [-0.25, -0.2) is 0 Å². The van der Waals surface area contributed by atoms with E-state index in [1.165, 1.54) is 5.56 Å². The summed E-state index contributed by atoms with van der Waals surface area (Å²) in [6, 6.07) is 8.05. The fraction of sp³-hybridized carbons (Fsp3) is 0.538. The number of rotatable bonds is 5. The van der Waals surface area contributed by atoms with Crippen molar-refractivity contribution in [3.05, 3.63) is 29.8 Å². The van der Waals surface area contributed by atoms with Gasteiger partial charge in [-0.3, -0.25) is 4.90 Å². The molecule has 0 radical (unpaired) electrons.